The second-order valence-electron chi connectivity index (χ2n) is 8.40. The molecule has 0 bridgehead atoms. The van der Waals surface area contributed by atoms with Gasteiger partial charge in [-0.05, 0) is 72.4 Å². The number of carboxylic acids is 1. The van der Waals surface area contributed by atoms with Gasteiger partial charge in [-0.3, -0.25) is 4.79 Å². The van der Waals surface area contributed by atoms with Crippen molar-refractivity contribution in [1.82, 2.24) is 0 Å². The van der Waals surface area contributed by atoms with Gasteiger partial charge in [0, 0.05) is 13.4 Å². The Balaban J connectivity index is 0.00000259. The van der Waals surface area contributed by atoms with E-state index in [0.717, 1.165) is 35.6 Å². The van der Waals surface area contributed by atoms with E-state index >= 15 is 0 Å². The van der Waals surface area contributed by atoms with Crippen LogP contribution in [0.4, 0.5) is 4.39 Å². The van der Waals surface area contributed by atoms with Crippen molar-refractivity contribution in [2.75, 3.05) is 6.79 Å². The van der Waals surface area contributed by atoms with Crippen molar-refractivity contribution in [2.45, 2.75) is 31.6 Å². The third kappa shape index (κ3) is 3.42. The van der Waals surface area contributed by atoms with Crippen LogP contribution in [0.15, 0.2) is 54.6 Å². The quantitative estimate of drug-likeness (QED) is 0.569. The van der Waals surface area contributed by atoms with Gasteiger partial charge >= 0.3 is 5.97 Å². The zero-order chi connectivity index (χ0) is 22.5. The van der Waals surface area contributed by atoms with Crippen molar-refractivity contribution in [3.8, 4) is 22.6 Å². The number of hydrogen-bond acceptors (Lipinski definition) is 4. The average molecular weight is 434 g/mol. The van der Waals surface area contributed by atoms with Gasteiger partial charge in [0.15, 0.2) is 11.5 Å². The molecule has 1 N–H and O–H groups in total. The topological polar surface area (TPSA) is 72.8 Å². The lowest BCUT2D eigenvalue weighted by Gasteiger charge is -2.16. The molecular formula is C26H23FO5. The number of fused-ring (bicyclic) bond motifs is 1. The van der Waals surface area contributed by atoms with Crippen LogP contribution in [0.3, 0.4) is 0 Å². The maximum atomic E-state index is 14.5. The molecule has 0 saturated heterocycles. The highest BCUT2D eigenvalue weighted by molar-refractivity contribution is 5.95. The fourth-order valence-corrected chi connectivity index (χ4v) is 4.34. The Hall–Kier alpha value is -3.67. The number of aryl methyl sites for hydroxylation is 1. The fraction of sp³-hybridized carbons (Fsp3) is 0.231. The first kappa shape index (κ1) is 20.2. The minimum Gasteiger partial charge on any atom is -0.478 e. The van der Waals surface area contributed by atoms with Crippen LogP contribution in [0.2, 0.25) is 0 Å². The lowest BCUT2D eigenvalue weighted by molar-refractivity contribution is -0.120. The van der Waals surface area contributed by atoms with Crippen LogP contribution in [0.25, 0.3) is 11.1 Å². The Kier molecular flexibility index (Phi) is 4.73. The minimum atomic E-state index is -1.12. The van der Waals surface area contributed by atoms with Crippen LogP contribution < -0.4 is 9.47 Å². The Bertz CT molecular complexity index is 1270. The summed E-state index contributed by atoms with van der Waals surface area (Å²) in [7, 11) is 0. The smallest absolute Gasteiger partial charge is 0.335 e. The second kappa shape index (κ2) is 7.48. The molecule has 0 aromatic heterocycles. The van der Waals surface area contributed by atoms with E-state index in [1.54, 1.807) is 6.07 Å². The van der Waals surface area contributed by atoms with Gasteiger partial charge in [-0.1, -0.05) is 24.3 Å². The number of ketones is 1. The van der Waals surface area contributed by atoms with Crippen LogP contribution in [-0.4, -0.2) is 23.7 Å². The van der Waals surface area contributed by atoms with Crippen molar-refractivity contribution in [1.29, 1.82) is 0 Å². The van der Waals surface area contributed by atoms with Gasteiger partial charge in [-0.15, -0.1) is 0 Å². The molecular weight excluding hydrogens is 411 g/mol. The number of aromatic carboxylic acids is 1. The number of ether oxygens (including phenoxy) is 2. The normalized spacial score (nSPS) is 15.4. The van der Waals surface area contributed by atoms with Gasteiger partial charge in [-0.25, -0.2) is 9.18 Å². The van der Waals surface area contributed by atoms with Gasteiger partial charge in [0.2, 0.25) is 6.79 Å². The molecule has 5 rings (SSSR count). The highest BCUT2D eigenvalue weighted by Gasteiger charge is 2.50. The maximum absolute atomic E-state index is 14.5. The van der Waals surface area contributed by atoms with Gasteiger partial charge in [-0.2, -0.15) is 0 Å². The number of carboxylic acid groups (broad SMARTS) is 1. The Morgan fingerprint density at radius 3 is 2.53 bits per heavy atom. The highest BCUT2D eigenvalue weighted by Crippen LogP contribution is 2.51. The molecule has 6 heteroatoms. The van der Waals surface area contributed by atoms with E-state index in [9.17, 15) is 19.1 Å². The molecule has 3 aromatic carbocycles. The van der Waals surface area contributed by atoms with Gasteiger partial charge in [0.1, 0.15) is 11.6 Å². The molecule has 1 aliphatic carbocycles. The molecule has 32 heavy (non-hydrogen) atoms. The molecule has 1 saturated carbocycles. The summed E-state index contributed by atoms with van der Waals surface area (Å²) in [5.74, 6) is -0.167. The number of hydrogen-bond donors (Lipinski definition) is 1. The lowest BCUT2D eigenvalue weighted by Crippen LogP contribution is -2.22. The predicted octanol–water partition coefficient (Wildman–Crippen LogP) is 5.32. The maximum Gasteiger partial charge on any atom is 0.335 e. The lowest BCUT2D eigenvalue weighted by atomic mass is 9.86. The Morgan fingerprint density at radius 1 is 1.00 bits per heavy atom. The van der Waals surface area contributed by atoms with E-state index in [1.165, 1.54) is 12.1 Å². The number of carbonyl (C=O) groups excluding carboxylic acids is 1. The van der Waals surface area contributed by atoms with E-state index < -0.39 is 17.2 Å². The van der Waals surface area contributed by atoms with Gasteiger partial charge in [0.25, 0.3) is 0 Å². The zero-order valence-electron chi connectivity index (χ0n) is 17.5. The number of benzene rings is 3. The third-order valence-electron chi connectivity index (χ3n) is 6.38. The van der Waals surface area contributed by atoms with Crippen molar-refractivity contribution >= 4 is 11.8 Å². The largest absolute Gasteiger partial charge is 0.478 e. The molecule has 0 unspecified atom stereocenters. The van der Waals surface area contributed by atoms with Crippen LogP contribution in [-0.2, 0) is 16.6 Å². The molecule has 1 aliphatic heterocycles. The molecule has 0 radical (unpaired) electrons. The highest BCUT2D eigenvalue weighted by atomic mass is 19.1. The van der Waals surface area contributed by atoms with Crippen molar-refractivity contribution < 1.29 is 30.0 Å². The first-order chi connectivity index (χ1) is 15.4. The van der Waals surface area contributed by atoms with Crippen molar-refractivity contribution in [3.05, 3.63) is 82.7 Å². The summed E-state index contributed by atoms with van der Waals surface area (Å²) in [6.07, 6.45) is 1.76. The zero-order valence-corrected chi connectivity index (χ0v) is 17.5. The van der Waals surface area contributed by atoms with E-state index in [4.69, 9.17) is 9.47 Å². The standard InChI is InChI=1S/C26H21FO5.H2/c1-15-2-3-16(10-19(15)20-12-17(25(29)30)4-6-21(20)27)11-24(28)26(8-9-26)18-5-7-22-23(13-18)32-14-31-22;/h2-7,10,12-13H,8-9,11,14H2,1H3,(H,29,30);1H. The Labute approximate surface area is 185 Å². The molecule has 2 aliphatic rings. The Morgan fingerprint density at radius 2 is 1.78 bits per heavy atom. The first-order valence-electron chi connectivity index (χ1n) is 10.4. The monoisotopic (exact) mass is 434 g/mol. The fourth-order valence-electron chi connectivity index (χ4n) is 4.34. The first-order valence-corrected chi connectivity index (χ1v) is 10.4. The molecule has 3 aromatic rings. The summed E-state index contributed by atoms with van der Waals surface area (Å²) >= 11 is 0. The number of Topliss-reactive ketones (excluding diaryl/α,β-unsaturated/α-hetero) is 1. The summed E-state index contributed by atoms with van der Waals surface area (Å²) in [6.45, 7) is 2.02. The van der Waals surface area contributed by atoms with E-state index in [2.05, 4.69) is 0 Å². The number of halogens is 1. The molecule has 164 valence electrons. The summed E-state index contributed by atoms with van der Waals surface area (Å²) in [5.41, 5.74) is 2.79. The SMILES string of the molecule is Cc1ccc(CC(=O)C2(c3ccc4c(c3)OCO4)CC2)cc1-c1cc(C(=O)O)ccc1F.[HH]. The van der Waals surface area contributed by atoms with E-state index in [1.807, 2.05) is 37.3 Å². The molecule has 5 nitrogen and oxygen atoms in total. The van der Waals surface area contributed by atoms with E-state index in [-0.39, 0.29) is 31.6 Å². The average Bonchev–Trinajstić information content (AvgIpc) is 3.46. The summed E-state index contributed by atoms with van der Waals surface area (Å²) in [6, 6.07) is 14.9. The second-order valence-corrected chi connectivity index (χ2v) is 8.40. The van der Waals surface area contributed by atoms with E-state index in [0.29, 0.717) is 17.1 Å². The van der Waals surface area contributed by atoms with Gasteiger partial charge in [0.05, 0.1) is 11.0 Å². The molecule has 0 atom stereocenters. The molecule has 1 heterocycles. The number of carbonyl (C=O) groups is 2. The molecule has 0 spiro atoms. The van der Waals surface area contributed by atoms with Crippen LogP contribution >= 0.6 is 0 Å². The number of rotatable bonds is 6. The minimum absolute atomic E-state index is 0. The summed E-state index contributed by atoms with van der Waals surface area (Å²) in [4.78, 5) is 24.6. The van der Waals surface area contributed by atoms with Gasteiger partial charge < -0.3 is 14.6 Å². The third-order valence-corrected chi connectivity index (χ3v) is 6.38. The summed E-state index contributed by atoms with van der Waals surface area (Å²) in [5, 5.41) is 9.27. The van der Waals surface area contributed by atoms with Crippen LogP contribution in [0, 0.1) is 12.7 Å². The molecule has 0 amide bonds. The van der Waals surface area contributed by atoms with Crippen molar-refractivity contribution in [2.24, 2.45) is 0 Å². The van der Waals surface area contributed by atoms with Crippen LogP contribution in [0.1, 0.15) is 41.3 Å². The molecule has 1 fully saturated rings. The predicted molar refractivity (Wildman–Crippen MR) is 118 cm³/mol. The summed E-state index contributed by atoms with van der Waals surface area (Å²) < 4.78 is 25.4. The van der Waals surface area contributed by atoms with Crippen LogP contribution in [0.5, 0.6) is 11.5 Å². The van der Waals surface area contributed by atoms with Crippen molar-refractivity contribution in [3.63, 3.8) is 0 Å².